The van der Waals surface area contributed by atoms with Gasteiger partial charge in [-0.1, -0.05) is 11.6 Å². The van der Waals surface area contributed by atoms with Gasteiger partial charge in [0.25, 0.3) is 0 Å². The first-order valence-electron chi connectivity index (χ1n) is 5.75. The maximum Gasteiger partial charge on any atom is 0.141 e. The number of hydrogen-bond donors (Lipinski definition) is 1. The van der Waals surface area contributed by atoms with E-state index in [4.69, 9.17) is 26.8 Å². The molecule has 0 saturated heterocycles. The third-order valence-corrected chi connectivity index (χ3v) is 3.27. The van der Waals surface area contributed by atoms with Crippen LogP contribution in [0, 0.1) is 6.92 Å². The lowest BCUT2D eigenvalue weighted by Gasteiger charge is -2.15. The van der Waals surface area contributed by atoms with Crippen molar-refractivity contribution in [3.05, 3.63) is 22.2 Å². The molecule has 0 unspecified atom stereocenters. The molecule has 17 heavy (non-hydrogen) atoms. The molecule has 0 saturated carbocycles. The van der Waals surface area contributed by atoms with Gasteiger partial charge >= 0.3 is 0 Å². The van der Waals surface area contributed by atoms with E-state index in [0.717, 1.165) is 41.9 Å². The first-order valence-corrected chi connectivity index (χ1v) is 6.13. The van der Waals surface area contributed by atoms with Gasteiger partial charge < -0.3 is 15.2 Å². The molecule has 0 spiro atoms. The Labute approximate surface area is 108 Å². The van der Waals surface area contributed by atoms with Gasteiger partial charge in [0.2, 0.25) is 0 Å². The Morgan fingerprint density at radius 2 is 1.94 bits per heavy atom. The fourth-order valence-electron chi connectivity index (χ4n) is 1.83. The predicted molar refractivity (Wildman–Crippen MR) is 71.3 cm³/mol. The van der Waals surface area contributed by atoms with Crippen molar-refractivity contribution in [2.45, 2.75) is 26.2 Å². The van der Waals surface area contributed by atoms with Crippen LogP contribution in [-0.4, -0.2) is 20.8 Å². The van der Waals surface area contributed by atoms with Crippen LogP contribution in [0.1, 0.15) is 24.0 Å². The quantitative estimate of drug-likeness (QED) is 0.797. The summed E-state index contributed by atoms with van der Waals surface area (Å²) < 4.78 is 10.7. The topological polar surface area (TPSA) is 44.5 Å². The summed E-state index contributed by atoms with van der Waals surface area (Å²) in [7, 11) is 3.29. The maximum atomic E-state index is 6.27. The molecule has 1 aromatic rings. The van der Waals surface area contributed by atoms with Gasteiger partial charge in [0, 0.05) is 5.56 Å². The van der Waals surface area contributed by atoms with Crippen LogP contribution >= 0.6 is 11.6 Å². The van der Waals surface area contributed by atoms with Crippen LogP contribution in [-0.2, 0) is 6.42 Å². The Bertz CT molecular complexity index is 380. The summed E-state index contributed by atoms with van der Waals surface area (Å²) in [4.78, 5) is 0. The van der Waals surface area contributed by atoms with Crippen molar-refractivity contribution in [3.8, 4) is 11.5 Å². The Morgan fingerprint density at radius 3 is 2.47 bits per heavy atom. The minimum atomic E-state index is 0.634. The van der Waals surface area contributed by atoms with Gasteiger partial charge in [0.05, 0.1) is 19.2 Å². The molecule has 96 valence electrons. The van der Waals surface area contributed by atoms with Crippen molar-refractivity contribution in [2.24, 2.45) is 5.73 Å². The minimum Gasteiger partial charge on any atom is -0.496 e. The lowest BCUT2D eigenvalue weighted by molar-refractivity contribution is 0.396. The van der Waals surface area contributed by atoms with Crippen LogP contribution < -0.4 is 15.2 Å². The molecule has 0 fully saturated rings. The zero-order valence-electron chi connectivity index (χ0n) is 10.7. The molecule has 0 aromatic heterocycles. The fraction of sp³-hybridized carbons (Fsp3) is 0.538. The van der Waals surface area contributed by atoms with E-state index < -0.39 is 0 Å². The van der Waals surface area contributed by atoms with Crippen LogP contribution in [0.25, 0.3) is 0 Å². The van der Waals surface area contributed by atoms with Crippen LogP contribution in [0.2, 0.25) is 5.02 Å². The summed E-state index contributed by atoms with van der Waals surface area (Å²) in [6.07, 6.45) is 2.92. The van der Waals surface area contributed by atoms with Crippen molar-refractivity contribution in [2.75, 3.05) is 20.8 Å². The largest absolute Gasteiger partial charge is 0.496 e. The van der Waals surface area contributed by atoms with E-state index in [0.29, 0.717) is 11.6 Å². The van der Waals surface area contributed by atoms with Crippen LogP contribution in [0.4, 0.5) is 0 Å². The van der Waals surface area contributed by atoms with Crippen molar-refractivity contribution < 1.29 is 9.47 Å². The van der Waals surface area contributed by atoms with E-state index >= 15 is 0 Å². The van der Waals surface area contributed by atoms with Gasteiger partial charge in [-0.15, -0.1) is 0 Å². The first kappa shape index (κ1) is 14.1. The number of aryl methyl sites for hydroxylation is 1. The monoisotopic (exact) mass is 257 g/mol. The molecule has 1 aromatic carbocycles. The van der Waals surface area contributed by atoms with Gasteiger partial charge in [-0.25, -0.2) is 0 Å². The number of nitrogens with two attached hydrogens (primary N) is 1. The fourth-order valence-corrected chi connectivity index (χ4v) is 2.12. The van der Waals surface area contributed by atoms with Gasteiger partial charge in [-0.2, -0.15) is 0 Å². The highest BCUT2D eigenvalue weighted by molar-refractivity contribution is 6.33. The zero-order valence-corrected chi connectivity index (χ0v) is 11.4. The number of benzene rings is 1. The molecule has 0 aliphatic rings. The van der Waals surface area contributed by atoms with E-state index in [-0.39, 0.29) is 0 Å². The first-order chi connectivity index (χ1) is 8.15. The molecular weight excluding hydrogens is 238 g/mol. The maximum absolute atomic E-state index is 6.27. The molecule has 0 aliphatic heterocycles. The van der Waals surface area contributed by atoms with Crippen LogP contribution in [0.15, 0.2) is 6.07 Å². The molecule has 0 bridgehead atoms. The van der Waals surface area contributed by atoms with E-state index in [1.165, 1.54) is 0 Å². The van der Waals surface area contributed by atoms with Gasteiger partial charge in [0.1, 0.15) is 11.5 Å². The molecular formula is C13H20ClNO2. The summed E-state index contributed by atoms with van der Waals surface area (Å²) in [6.45, 7) is 2.63. The number of halogens is 1. The average Bonchev–Trinajstić information content (AvgIpc) is 2.34. The van der Waals surface area contributed by atoms with E-state index in [1.54, 1.807) is 14.2 Å². The molecule has 3 nitrogen and oxygen atoms in total. The van der Waals surface area contributed by atoms with Gasteiger partial charge in [-0.05, 0) is 44.4 Å². The molecule has 0 heterocycles. The molecule has 0 amide bonds. The predicted octanol–water partition coefficient (Wildman–Crippen LogP) is 2.95. The molecule has 0 radical (unpaired) electrons. The number of hydrogen-bond acceptors (Lipinski definition) is 3. The number of ether oxygens (including phenoxy) is 2. The van der Waals surface area contributed by atoms with Crippen molar-refractivity contribution in [3.63, 3.8) is 0 Å². The Balaban J connectivity index is 3.04. The summed E-state index contributed by atoms with van der Waals surface area (Å²) in [6, 6.07) is 2.00. The molecule has 2 N–H and O–H groups in total. The lowest BCUT2D eigenvalue weighted by Crippen LogP contribution is -2.01. The standard InChI is InChI=1S/C13H20ClNO2/c1-9-11(16-2)8-10(6-4-5-7-15)13(17-3)12(9)14/h8H,4-7,15H2,1-3H3. The lowest BCUT2D eigenvalue weighted by atomic mass is 10.0. The highest BCUT2D eigenvalue weighted by atomic mass is 35.5. The highest BCUT2D eigenvalue weighted by Crippen LogP contribution is 2.38. The molecule has 1 rings (SSSR count). The van der Waals surface area contributed by atoms with E-state index in [1.807, 2.05) is 13.0 Å². The SMILES string of the molecule is COc1cc(CCCCN)c(OC)c(Cl)c1C. The third-order valence-electron chi connectivity index (χ3n) is 2.82. The second-order valence-electron chi connectivity index (χ2n) is 3.96. The second-order valence-corrected chi connectivity index (χ2v) is 4.33. The third kappa shape index (κ3) is 3.27. The Morgan fingerprint density at radius 1 is 1.24 bits per heavy atom. The second kappa shape index (κ2) is 6.72. The molecule has 4 heteroatoms. The van der Waals surface area contributed by atoms with Gasteiger partial charge in [-0.3, -0.25) is 0 Å². The summed E-state index contributed by atoms with van der Waals surface area (Å²) in [5, 5.41) is 0.634. The Hall–Kier alpha value is -0.930. The average molecular weight is 258 g/mol. The molecule has 0 atom stereocenters. The van der Waals surface area contributed by atoms with Crippen LogP contribution in [0.5, 0.6) is 11.5 Å². The van der Waals surface area contributed by atoms with Gasteiger partial charge in [0.15, 0.2) is 0 Å². The Kier molecular flexibility index (Phi) is 5.59. The van der Waals surface area contributed by atoms with Crippen molar-refractivity contribution in [1.82, 2.24) is 0 Å². The molecule has 0 aliphatic carbocycles. The summed E-state index contributed by atoms with van der Waals surface area (Å²) in [5.74, 6) is 1.56. The normalized spacial score (nSPS) is 10.4. The number of methoxy groups -OCH3 is 2. The smallest absolute Gasteiger partial charge is 0.141 e. The van der Waals surface area contributed by atoms with E-state index in [2.05, 4.69) is 0 Å². The zero-order chi connectivity index (χ0) is 12.8. The van der Waals surface area contributed by atoms with E-state index in [9.17, 15) is 0 Å². The van der Waals surface area contributed by atoms with Crippen LogP contribution in [0.3, 0.4) is 0 Å². The number of unbranched alkanes of at least 4 members (excludes halogenated alkanes) is 1. The number of rotatable bonds is 6. The van der Waals surface area contributed by atoms with Crippen molar-refractivity contribution >= 4 is 11.6 Å². The highest BCUT2D eigenvalue weighted by Gasteiger charge is 2.14. The summed E-state index contributed by atoms with van der Waals surface area (Å²) >= 11 is 6.27. The van der Waals surface area contributed by atoms with Crippen molar-refractivity contribution in [1.29, 1.82) is 0 Å². The minimum absolute atomic E-state index is 0.634. The summed E-state index contributed by atoms with van der Waals surface area (Å²) in [5.41, 5.74) is 7.48.